The third-order valence-electron chi connectivity index (χ3n) is 4.38. The number of benzene rings is 1. The molecule has 1 aromatic carbocycles. The molecule has 7 heteroatoms. The molecule has 0 aliphatic carbocycles. The summed E-state index contributed by atoms with van der Waals surface area (Å²) in [5.41, 5.74) is 0.668. The largest absolute Gasteiger partial charge is 0.366 e. The fourth-order valence-electron chi connectivity index (χ4n) is 2.96. The van der Waals surface area contributed by atoms with Gasteiger partial charge in [0.05, 0.1) is 11.9 Å². The number of piperazine rings is 1. The second-order valence-corrected chi connectivity index (χ2v) is 5.71. The number of anilines is 3. The molecular weight excluding hydrogens is 307 g/mol. The van der Waals surface area contributed by atoms with Crippen molar-refractivity contribution in [2.45, 2.75) is 13.8 Å². The molecule has 0 unspecified atom stereocenters. The number of para-hydroxylation sites is 1. The van der Waals surface area contributed by atoms with E-state index in [0.717, 1.165) is 45.1 Å². The zero-order valence-corrected chi connectivity index (χ0v) is 14.2. The Labute approximate surface area is 141 Å². The van der Waals surface area contributed by atoms with Gasteiger partial charge in [0.1, 0.15) is 5.82 Å². The highest BCUT2D eigenvalue weighted by Gasteiger charge is 2.21. The Balaban J connectivity index is 1.69. The summed E-state index contributed by atoms with van der Waals surface area (Å²) in [6.07, 6.45) is 1.70. The molecule has 1 aliphatic heterocycles. The predicted octanol–water partition coefficient (Wildman–Crippen LogP) is 2.18. The molecule has 24 heavy (non-hydrogen) atoms. The molecule has 0 spiro atoms. The minimum Gasteiger partial charge on any atom is -0.366 e. The molecule has 0 bridgehead atoms. The van der Waals surface area contributed by atoms with Crippen molar-refractivity contribution in [1.29, 1.82) is 0 Å². The third kappa shape index (κ3) is 3.39. The van der Waals surface area contributed by atoms with Crippen LogP contribution in [0.5, 0.6) is 0 Å². The molecule has 1 aromatic heterocycles. The van der Waals surface area contributed by atoms with E-state index in [1.807, 2.05) is 12.1 Å². The van der Waals surface area contributed by atoms with E-state index in [9.17, 15) is 4.39 Å². The van der Waals surface area contributed by atoms with Crippen LogP contribution < -0.4 is 14.7 Å². The standard InChI is InChI=1S/C17H23FN6/c1-3-22(4-2)17-20-16(13-19-21-17)24-11-9-23(10-12-24)15-8-6-5-7-14(15)18/h5-8,13H,3-4,9-12H2,1-2H3. The molecule has 0 amide bonds. The van der Waals surface area contributed by atoms with Crippen LogP contribution in [0.4, 0.5) is 21.8 Å². The zero-order chi connectivity index (χ0) is 16.9. The number of halogens is 1. The van der Waals surface area contributed by atoms with Gasteiger partial charge in [-0.25, -0.2) is 4.39 Å². The maximum absolute atomic E-state index is 13.9. The Bertz CT molecular complexity index is 668. The topological polar surface area (TPSA) is 48.4 Å². The Morgan fingerprint density at radius 2 is 1.71 bits per heavy atom. The number of rotatable bonds is 5. The fourth-order valence-corrected chi connectivity index (χ4v) is 2.96. The average molecular weight is 330 g/mol. The lowest BCUT2D eigenvalue weighted by Crippen LogP contribution is -2.47. The first-order chi connectivity index (χ1) is 11.7. The lowest BCUT2D eigenvalue weighted by atomic mass is 10.2. The first-order valence-electron chi connectivity index (χ1n) is 8.42. The number of hydrogen-bond donors (Lipinski definition) is 0. The first-order valence-corrected chi connectivity index (χ1v) is 8.42. The van der Waals surface area contributed by atoms with Crippen LogP contribution in [0.15, 0.2) is 30.5 Å². The van der Waals surface area contributed by atoms with Crippen LogP contribution in [0.1, 0.15) is 13.8 Å². The second kappa shape index (κ2) is 7.42. The van der Waals surface area contributed by atoms with E-state index in [-0.39, 0.29) is 5.82 Å². The third-order valence-corrected chi connectivity index (χ3v) is 4.38. The Hall–Kier alpha value is -2.44. The molecule has 128 valence electrons. The van der Waals surface area contributed by atoms with Crippen molar-refractivity contribution in [2.75, 3.05) is 54.0 Å². The zero-order valence-electron chi connectivity index (χ0n) is 14.2. The molecule has 3 rings (SSSR count). The van der Waals surface area contributed by atoms with Crippen molar-refractivity contribution in [3.05, 3.63) is 36.3 Å². The van der Waals surface area contributed by atoms with Crippen molar-refractivity contribution in [2.24, 2.45) is 0 Å². The molecule has 1 saturated heterocycles. The van der Waals surface area contributed by atoms with Crippen molar-refractivity contribution < 1.29 is 4.39 Å². The first kappa shape index (κ1) is 16.4. The maximum atomic E-state index is 13.9. The van der Waals surface area contributed by atoms with E-state index in [0.29, 0.717) is 11.6 Å². The summed E-state index contributed by atoms with van der Waals surface area (Å²) in [5.74, 6) is 1.33. The van der Waals surface area contributed by atoms with E-state index >= 15 is 0 Å². The van der Waals surface area contributed by atoms with Crippen LogP contribution in [0.3, 0.4) is 0 Å². The summed E-state index contributed by atoms with van der Waals surface area (Å²) in [5, 5.41) is 8.23. The minimum atomic E-state index is -0.168. The van der Waals surface area contributed by atoms with Crippen molar-refractivity contribution in [3.63, 3.8) is 0 Å². The van der Waals surface area contributed by atoms with Gasteiger partial charge in [-0.05, 0) is 26.0 Å². The van der Waals surface area contributed by atoms with Crippen LogP contribution in [0.2, 0.25) is 0 Å². The highest BCUT2D eigenvalue weighted by Crippen LogP contribution is 2.22. The van der Waals surface area contributed by atoms with Gasteiger partial charge in [0, 0.05) is 39.3 Å². The van der Waals surface area contributed by atoms with Crippen molar-refractivity contribution in [1.82, 2.24) is 15.2 Å². The lowest BCUT2D eigenvalue weighted by molar-refractivity contribution is 0.595. The van der Waals surface area contributed by atoms with E-state index < -0.39 is 0 Å². The SMILES string of the molecule is CCN(CC)c1nncc(N2CCN(c3ccccc3F)CC2)n1. The summed E-state index contributed by atoms with van der Waals surface area (Å²) in [4.78, 5) is 11.0. The summed E-state index contributed by atoms with van der Waals surface area (Å²) < 4.78 is 13.9. The number of hydrogen-bond acceptors (Lipinski definition) is 6. The Morgan fingerprint density at radius 1 is 1.04 bits per heavy atom. The van der Waals surface area contributed by atoms with Gasteiger partial charge < -0.3 is 14.7 Å². The van der Waals surface area contributed by atoms with Gasteiger partial charge in [0.2, 0.25) is 5.95 Å². The Morgan fingerprint density at radius 3 is 2.38 bits per heavy atom. The smallest absolute Gasteiger partial charge is 0.247 e. The molecule has 0 saturated carbocycles. The highest BCUT2D eigenvalue weighted by molar-refractivity contribution is 5.50. The van der Waals surface area contributed by atoms with Crippen LogP contribution in [0, 0.1) is 5.82 Å². The van der Waals surface area contributed by atoms with Gasteiger partial charge in [-0.3, -0.25) is 0 Å². The maximum Gasteiger partial charge on any atom is 0.247 e. The van der Waals surface area contributed by atoms with Gasteiger partial charge >= 0.3 is 0 Å². The van der Waals surface area contributed by atoms with Crippen LogP contribution in [0.25, 0.3) is 0 Å². The molecular formula is C17H23FN6. The highest BCUT2D eigenvalue weighted by atomic mass is 19.1. The van der Waals surface area contributed by atoms with Crippen LogP contribution in [-0.4, -0.2) is 54.4 Å². The molecule has 2 heterocycles. The van der Waals surface area contributed by atoms with E-state index in [1.54, 1.807) is 12.3 Å². The molecule has 1 fully saturated rings. The quantitative estimate of drug-likeness (QED) is 0.837. The fraction of sp³-hybridized carbons (Fsp3) is 0.471. The van der Waals surface area contributed by atoms with Crippen molar-refractivity contribution in [3.8, 4) is 0 Å². The molecule has 0 N–H and O–H groups in total. The normalized spacial score (nSPS) is 14.8. The van der Waals surface area contributed by atoms with Gasteiger partial charge in [0.15, 0.2) is 5.82 Å². The molecule has 0 atom stereocenters. The molecule has 1 aliphatic rings. The van der Waals surface area contributed by atoms with Gasteiger partial charge in [-0.1, -0.05) is 12.1 Å². The minimum absolute atomic E-state index is 0.168. The monoisotopic (exact) mass is 330 g/mol. The Kier molecular flexibility index (Phi) is 5.08. The van der Waals surface area contributed by atoms with E-state index in [1.165, 1.54) is 6.07 Å². The molecule has 2 aromatic rings. The van der Waals surface area contributed by atoms with Crippen LogP contribution in [-0.2, 0) is 0 Å². The summed E-state index contributed by atoms with van der Waals surface area (Å²) >= 11 is 0. The van der Waals surface area contributed by atoms with Gasteiger partial charge in [0.25, 0.3) is 0 Å². The van der Waals surface area contributed by atoms with Crippen molar-refractivity contribution >= 4 is 17.5 Å². The summed E-state index contributed by atoms with van der Waals surface area (Å²) in [7, 11) is 0. The molecule has 0 radical (unpaired) electrons. The molecule has 6 nitrogen and oxygen atoms in total. The second-order valence-electron chi connectivity index (χ2n) is 5.71. The number of aromatic nitrogens is 3. The van der Waals surface area contributed by atoms with Gasteiger partial charge in [-0.2, -0.15) is 10.1 Å². The summed E-state index contributed by atoms with van der Waals surface area (Å²) in [6.45, 7) is 8.93. The lowest BCUT2D eigenvalue weighted by Gasteiger charge is -2.36. The van der Waals surface area contributed by atoms with E-state index in [4.69, 9.17) is 0 Å². The average Bonchev–Trinajstić information content (AvgIpc) is 2.64. The predicted molar refractivity (Wildman–Crippen MR) is 94.2 cm³/mol. The summed E-state index contributed by atoms with van der Waals surface area (Å²) in [6, 6.07) is 6.92. The number of nitrogens with zero attached hydrogens (tertiary/aromatic N) is 6. The van der Waals surface area contributed by atoms with Crippen LogP contribution >= 0.6 is 0 Å². The van der Waals surface area contributed by atoms with Gasteiger partial charge in [-0.15, -0.1) is 5.10 Å². The van der Waals surface area contributed by atoms with E-state index in [2.05, 4.69) is 43.7 Å².